The molecule has 0 aromatic rings. The van der Waals surface area contributed by atoms with Gasteiger partial charge in [0.15, 0.2) is 0 Å². The SMILES string of the molecule is CCC(CC(=O)O)NC(=O)C(N)CCS(C)(=O)=O. The van der Waals surface area contributed by atoms with Crippen LogP contribution in [0.15, 0.2) is 0 Å². The van der Waals surface area contributed by atoms with Gasteiger partial charge >= 0.3 is 5.97 Å². The molecule has 0 saturated carbocycles. The van der Waals surface area contributed by atoms with Crippen molar-refractivity contribution in [3.63, 3.8) is 0 Å². The lowest BCUT2D eigenvalue weighted by Crippen LogP contribution is -2.46. The number of amides is 1. The minimum absolute atomic E-state index is 0.0220. The van der Waals surface area contributed by atoms with Crippen molar-refractivity contribution in [1.29, 1.82) is 0 Å². The second-order valence-electron chi connectivity index (χ2n) is 4.24. The fourth-order valence-corrected chi connectivity index (χ4v) is 1.97. The van der Waals surface area contributed by atoms with Gasteiger partial charge in [-0.25, -0.2) is 8.42 Å². The van der Waals surface area contributed by atoms with Gasteiger partial charge in [0.1, 0.15) is 9.84 Å². The van der Waals surface area contributed by atoms with Gasteiger partial charge in [-0.2, -0.15) is 0 Å². The Labute approximate surface area is 107 Å². The number of rotatable bonds is 8. The van der Waals surface area contributed by atoms with E-state index in [1.165, 1.54) is 0 Å². The van der Waals surface area contributed by atoms with Crippen molar-refractivity contribution in [2.45, 2.75) is 38.3 Å². The summed E-state index contributed by atoms with van der Waals surface area (Å²) in [6.07, 6.45) is 1.38. The number of carboxylic acid groups (broad SMARTS) is 1. The fraction of sp³-hybridized carbons (Fsp3) is 0.800. The van der Waals surface area contributed by atoms with Gasteiger partial charge in [-0.05, 0) is 12.8 Å². The maximum atomic E-state index is 11.6. The molecule has 1 amide bonds. The average Bonchev–Trinajstić information content (AvgIpc) is 2.22. The van der Waals surface area contributed by atoms with Crippen LogP contribution in [0, 0.1) is 0 Å². The number of hydrogen-bond donors (Lipinski definition) is 3. The lowest BCUT2D eigenvalue weighted by atomic mass is 10.1. The van der Waals surface area contributed by atoms with Gasteiger partial charge in [0, 0.05) is 12.3 Å². The third-order valence-electron chi connectivity index (χ3n) is 2.40. The first kappa shape index (κ1) is 16.9. The molecule has 106 valence electrons. The molecule has 0 radical (unpaired) electrons. The Balaban J connectivity index is 4.25. The minimum Gasteiger partial charge on any atom is -0.481 e. The summed E-state index contributed by atoms with van der Waals surface area (Å²) in [5, 5.41) is 11.1. The normalized spacial score (nSPS) is 14.8. The van der Waals surface area contributed by atoms with E-state index in [-0.39, 0.29) is 18.6 Å². The number of hydrogen-bond acceptors (Lipinski definition) is 5. The molecule has 8 heteroatoms. The Kier molecular flexibility index (Phi) is 6.85. The molecule has 0 aliphatic carbocycles. The molecule has 0 fully saturated rings. The van der Waals surface area contributed by atoms with E-state index in [9.17, 15) is 18.0 Å². The zero-order valence-corrected chi connectivity index (χ0v) is 11.4. The number of nitrogens with one attached hydrogen (secondary N) is 1. The van der Waals surface area contributed by atoms with E-state index in [1.807, 2.05) is 0 Å². The Hall–Kier alpha value is -1.15. The van der Waals surface area contributed by atoms with Crippen molar-refractivity contribution in [1.82, 2.24) is 5.32 Å². The van der Waals surface area contributed by atoms with Gasteiger partial charge in [-0.15, -0.1) is 0 Å². The van der Waals surface area contributed by atoms with Gasteiger partial charge in [0.2, 0.25) is 5.91 Å². The van der Waals surface area contributed by atoms with E-state index in [0.29, 0.717) is 6.42 Å². The van der Waals surface area contributed by atoms with Crippen LogP contribution in [0.3, 0.4) is 0 Å². The Morgan fingerprint density at radius 3 is 2.33 bits per heavy atom. The molecule has 2 unspecified atom stereocenters. The van der Waals surface area contributed by atoms with E-state index >= 15 is 0 Å². The average molecular weight is 280 g/mol. The highest BCUT2D eigenvalue weighted by atomic mass is 32.2. The van der Waals surface area contributed by atoms with Gasteiger partial charge in [-0.3, -0.25) is 9.59 Å². The van der Waals surface area contributed by atoms with Gasteiger partial charge in [0.05, 0.1) is 18.2 Å². The van der Waals surface area contributed by atoms with Crippen LogP contribution >= 0.6 is 0 Å². The van der Waals surface area contributed by atoms with Gasteiger partial charge < -0.3 is 16.2 Å². The smallest absolute Gasteiger partial charge is 0.305 e. The zero-order valence-electron chi connectivity index (χ0n) is 10.5. The Bertz CT molecular complexity index is 393. The molecule has 4 N–H and O–H groups in total. The predicted molar refractivity (Wildman–Crippen MR) is 66.8 cm³/mol. The van der Waals surface area contributed by atoms with Crippen LogP contribution in [-0.4, -0.2) is 49.5 Å². The van der Waals surface area contributed by atoms with Crippen molar-refractivity contribution in [2.75, 3.05) is 12.0 Å². The highest BCUT2D eigenvalue weighted by Crippen LogP contribution is 2.00. The molecule has 7 nitrogen and oxygen atoms in total. The maximum absolute atomic E-state index is 11.6. The van der Waals surface area contributed by atoms with Gasteiger partial charge in [-0.1, -0.05) is 6.92 Å². The van der Waals surface area contributed by atoms with E-state index in [4.69, 9.17) is 10.8 Å². The third-order valence-corrected chi connectivity index (χ3v) is 3.37. The largest absolute Gasteiger partial charge is 0.481 e. The molecule has 18 heavy (non-hydrogen) atoms. The summed E-state index contributed by atoms with van der Waals surface area (Å²) in [5.74, 6) is -1.70. The number of aliphatic carboxylic acids is 1. The van der Waals surface area contributed by atoms with E-state index in [0.717, 1.165) is 6.26 Å². The van der Waals surface area contributed by atoms with Crippen LogP contribution in [0.4, 0.5) is 0 Å². The summed E-state index contributed by atoms with van der Waals surface area (Å²) in [6, 6.07) is -1.43. The van der Waals surface area contributed by atoms with Crippen molar-refractivity contribution in [3.05, 3.63) is 0 Å². The summed E-state index contributed by atoms with van der Waals surface area (Å²) in [6.45, 7) is 1.75. The quantitative estimate of drug-likeness (QED) is 0.530. The number of nitrogens with two attached hydrogens (primary N) is 1. The van der Waals surface area contributed by atoms with E-state index in [2.05, 4.69) is 5.32 Å². The molecular formula is C10H20N2O5S. The standard InChI is InChI=1S/C10H20N2O5S/c1-3-7(6-9(13)14)12-10(15)8(11)4-5-18(2,16)17/h7-8H,3-6,11H2,1-2H3,(H,12,15)(H,13,14). The number of sulfone groups is 1. The maximum Gasteiger partial charge on any atom is 0.305 e. The molecule has 2 atom stereocenters. The van der Waals surface area contributed by atoms with Crippen LogP contribution in [0.2, 0.25) is 0 Å². The van der Waals surface area contributed by atoms with Crippen LogP contribution in [0.5, 0.6) is 0 Å². The first-order valence-corrected chi connectivity index (χ1v) is 7.67. The molecule has 0 aromatic carbocycles. The van der Waals surface area contributed by atoms with Crippen molar-refractivity contribution >= 4 is 21.7 Å². The molecule has 0 spiro atoms. The number of carbonyl (C=O) groups is 2. The molecule has 0 aliphatic rings. The summed E-state index contributed by atoms with van der Waals surface area (Å²) >= 11 is 0. The van der Waals surface area contributed by atoms with Crippen LogP contribution < -0.4 is 11.1 Å². The molecule has 0 aliphatic heterocycles. The molecule has 0 saturated heterocycles. The van der Waals surface area contributed by atoms with Crippen molar-refractivity contribution in [3.8, 4) is 0 Å². The van der Waals surface area contributed by atoms with Gasteiger partial charge in [0.25, 0.3) is 0 Å². The fourth-order valence-electron chi connectivity index (χ4n) is 1.29. The summed E-state index contributed by atoms with van der Waals surface area (Å²) in [7, 11) is -3.16. The second kappa shape index (κ2) is 7.32. The summed E-state index contributed by atoms with van der Waals surface area (Å²) in [4.78, 5) is 22.1. The third kappa shape index (κ3) is 8.02. The highest BCUT2D eigenvalue weighted by Gasteiger charge is 2.20. The molecule has 0 rings (SSSR count). The topological polar surface area (TPSA) is 127 Å². The monoisotopic (exact) mass is 280 g/mol. The molecule has 0 bridgehead atoms. The lowest BCUT2D eigenvalue weighted by Gasteiger charge is -2.18. The highest BCUT2D eigenvalue weighted by molar-refractivity contribution is 7.90. The summed E-state index contributed by atoms with van der Waals surface area (Å²) < 4.78 is 21.8. The van der Waals surface area contributed by atoms with Crippen LogP contribution in [0.25, 0.3) is 0 Å². The zero-order chi connectivity index (χ0) is 14.3. The van der Waals surface area contributed by atoms with Crippen molar-refractivity contribution in [2.24, 2.45) is 5.73 Å². The molecule has 0 aromatic heterocycles. The minimum atomic E-state index is -3.16. The Morgan fingerprint density at radius 2 is 1.94 bits per heavy atom. The molecular weight excluding hydrogens is 260 g/mol. The van der Waals surface area contributed by atoms with E-state index in [1.54, 1.807) is 6.92 Å². The van der Waals surface area contributed by atoms with Crippen LogP contribution in [-0.2, 0) is 19.4 Å². The lowest BCUT2D eigenvalue weighted by molar-refractivity contribution is -0.137. The molecule has 0 heterocycles. The number of carboxylic acids is 1. The van der Waals surface area contributed by atoms with Crippen LogP contribution in [0.1, 0.15) is 26.2 Å². The summed E-state index contributed by atoms with van der Waals surface area (Å²) in [5.41, 5.74) is 5.53. The predicted octanol–water partition coefficient (Wildman–Crippen LogP) is -0.882. The second-order valence-corrected chi connectivity index (χ2v) is 6.50. The first-order chi connectivity index (χ1) is 8.15. The number of carbonyl (C=O) groups excluding carboxylic acids is 1. The van der Waals surface area contributed by atoms with Crippen molar-refractivity contribution < 1.29 is 23.1 Å². The first-order valence-electron chi connectivity index (χ1n) is 5.61. The Morgan fingerprint density at radius 1 is 1.39 bits per heavy atom. The van der Waals surface area contributed by atoms with E-state index < -0.39 is 33.8 Å².